The van der Waals surface area contributed by atoms with Crippen LogP contribution < -0.4 is 10.1 Å². The maximum Gasteiger partial charge on any atom is 0.252 e. The van der Waals surface area contributed by atoms with E-state index in [1.807, 2.05) is 50.2 Å². The van der Waals surface area contributed by atoms with E-state index in [1.54, 1.807) is 18.2 Å². The van der Waals surface area contributed by atoms with Crippen molar-refractivity contribution < 1.29 is 14.6 Å². The van der Waals surface area contributed by atoms with Gasteiger partial charge in [0.2, 0.25) is 0 Å². The molecule has 0 unspecified atom stereocenters. The minimum Gasteiger partial charge on any atom is -0.508 e. The summed E-state index contributed by atoms with van der Waals surface area (Å²) in [6, 6.07) is 12.8. The minimum absolute atomic E-state index is 0.138. The van der Waals surface area contributed by atoms with Gasteiger partial charge in [0.1, 0.15) is 18.1 Å². The van der Waals surface area contributed by atoms with E-state index in [-0.39, 0.29) is 11.7 Å². The molecule has 0 bridgehead atoms. The number of rotatable bonds is 7. The molecule has 0 heterocycles. The summed E-state index contributed by atoms with van der Waals surface area (Å²) in [6.07, 6.45) is 1.66. The highest BCUT2D eigenvalue weighted by atomic mass is 16.5. The number of carbonyl (C=O) groups excluding carboxylic acids is 1. The van der Waals surface area contributed by atoms with Crippen molar-refractivity contribution in [3.63, 3.8) is 0 Å². The van der Waals surface area contributed by atoms with Gasteiger partial charge in [0.25, 0.3) is 5.91 Å². The SMILES string of the molecule is Cc1ccc(OCCN(C)C)cc1C(=O)NC1(c2ccccc2O)CC1. The van der Waals surface area contributed by atoms with Gasteiger partial charge in [-0.15, -0.1) is 0 Å². The summed E-state index contributed by atoms with van der Waals surface area (Å²) >= 11 is 0. The van der Waals surface area contributed by atoms with Gasteiger partial charge in [0.15, 0.2) is 0 Å². The lowest BCUT2D eigenvalue weighted by Crippen LogP contribution is -2.35. The van der Waals surface area contributed by atoms with E-state index in [9.17, 15) is 9.90 Å². The number of para-hydroxylation sites is 1. The molecule has 1 fully saturated rings. The van der Waals surface area contributed by atoms with Crippen LogP contribution in [0.25, 0.3) is 0 Å². The Bertz CT molecular complexity index is 798. The average molecular weight is 354 g/mol. The molecule has 0 radical (unpaired) electrons. The van der Waals surface area contributed by atoms with Crippen LogP contribution in [0.1, 0.15) is 34.3 Å². The van der Waals surface area contributed by atoms with E-state index in [1.165, 1.54) is 0 Å². The molecule has 5 heteroatoms. The highest BCUT2D eigenvalue weighted by Crippen LogP contribution is 2.48. The zero-order valence-electron chi connectivity index (χ0n) is 15.6. The number of benzene rings is 2. The molecule has 3 rings (SSSR count). The van der Waals surface area contributed by atoms with Crippen molar-refractivity contribution in [2.24, 2.45) is 0 Å². The number of hydrogen-bond acceptors (Lipinski definition) is 4. The lowest BCUT2D eigenvalue weighted by atomic mass is 10.0. The first-order valence-corrected chi connectivity index (χ1v) is 8.90. The Morgan fingerprint density at radius 1 is 1.23 bits per heavy atom. The fraction of sp³-hybridized carbons (Fsp3) is 0.381. The Morgan fingerprint density at radius 2 is 1.96 bits per heavy atom. The standard InChI is InChI=1S/C21H26N2O3/c1-15-8-9-16(26-13-12-23(2)3)14-17(15)20(25)22-21(10-11-21)18-6-4-5-7-19(18)24/h4-9,14,24H,10-13H2,1-3H3,(H,22,25). The largest absolute Gasteiger partial charge is 0.508 e. The van der Waals surface area contributed by atoms with Crippen molar-refractivity contribution in [3.8, 4) is 11.5 Å². The number of amides is 1. The Hall–Kier alpha value is -2.53. The number of phenols is 1. The second kappa shape index (κ2) is 7.38. The quantitative estimate of drug-likeness (QED) is 0.802. The highest BCUT2D eigenvalue weighted by Gasteiger charge is 2.47. The minimum atomic E-state index is -0.462. The number of aryl methyl sites for hydroxylation is 1. The van der Waals surface area contributed by atoms with Gasteiger partial charge < -0.3 is 20.1 Å². The maximum absolute atomic E-state index is 12.9. The molecule has 2 aromatic carbocycles. The fourth-order valence-electron chi connectivity index (χ4n) is 3.03. The second-order valence-electron chi connectivity index (χ2n) is 7.18. The molecule has 0 aromatic heterocycles. The predicted molar refractivity (Wildman–Crippen MR) is 102 cm³/mol. The zero-order valence-corrected chi connectivity index (χ0v) is 15.6. The second-order valence-corrected chi connectivity index (χ2v) is 7.18. The van der Waals surface area contributed by atoms with Gasteiger partial charge in [-0.05, 0) is 57.6 Å². The van der Waals surface area contributed by atoms with E-state index in [0.717, 1.165) is 30.5 Å². The van der Waals surface area contributed by atoms with Gasteiger partial charge in [-0.1, -0.05) is 24.3 Å². The van der Waals surface area contributed by atoms with Crippen molar-refractivity contribution in [3.05, 3.63) is 59.2 Å². The molecule has 2 N–H and O–H groups in total. The number of likely N-dealkylation sites (N-methyl/N-ethyl adjacent to an activating group) is 1. The number of nitrogens with one attached hydrogen (secondary N) is 1. The maximum atomic E-state index is 12.9. The van der Waals surface area contributed by atoms with Crippen LogP contribution >= 0.6 is 0 Å². The van der Waals surface area contributed by atoms with Crippen LogP contribution in [-0.4, -0.2) is 43.2 Å². The number of aromatic hydroxyl groups is 1. The summed E-state index contributed by atoms with van der Waals surface area (Å²) in [5, 5.41) is 13.3. The molecule has 1 saturated carbocycles. The summed E-state index contributed by atoms with van der Waals surface area (Å²) in [5.41, 5.74) is 1.82. The topological polar surface area (TPSA) is 61.8 Å². The van der Waals surface area contributed by atoms with Gasteiger partial charge in [-0.25, -0.2) is 0 Å². The van der Waals surface area contributed by atoms with Crippen LogP contribution in [0.4, 0.5) is 0 Å². The number of ether oxygens (including phenoxy) is 1. The van der Waals surface area contributed by atoms with Crippen LogP contribution in [0.5, 0.6) is 11.5 Å². The van der Waals surface area contributed by atoms with E-state index in [4.69, 9.17) is 4.74 Å². The first-order valence-electron chi connectivity index (χ1n) is 8.90. The highest BCUT2D eigenvalue weighted by molar-refractivity contribution is 5.97. The van der Waals surface area contributed by atoms with Crippen LogP contribution in [0, 0.1) is 6.92 Å². The summed E-state index contributed by atoms with van der Waals surface area (Å²) in [7, 11) is 3.98. The molecule has 26 heavy (non-hydrogen) atoms. The Labute approximate surface area is 154 Å². The first-order chi connectivity index (χ1) is 12.4. The van der Waals surface area contributed by atoms with Gasteiger partial charge in [0.05, 0.1) is 5.54 Å². The van der Waals surface area contributed by atoms with Crippen molar-refractivity contribution in [2.75, 3.05) is 27.2 Å². The van der Waals surface area contributed by atoms with Gasteiger partial charge in [-0.3, -0.25) is 4.79 Å². The van der Waals surface area contributed by atoms with Crippen LogP contribution in [0.3, 0.4) is 0 Å². The Kier molecular flexibility index (Phi) is 5.18. The van der Waals surface area contributed by atoms with E-state index >= 15 is 0 Å². The number of carbonyl (C=O) groups is 1. The van der Waals surface area contributed by atoms with Crippen molar-refractivity contribution in [1.82, 2.24) is 10.2 Å². The molecule has 0 aliphatic heterocycles. The number of hydrogen-bond donors (Lipinski definition) is 2. The Morgan fingerprint density at radius 3 is 2.62 bits per heavy atom. The molecule has 1 aliphatic carbocycles. The molecule has 1 amide bonds. The van der Waals surface area contributed by atoms with Gasteiger partial charge in [-0.2, -0.15) is 0 Å². The molecule has 5 nitrogen and oxygen atoms in total. The molecule has 138 valence electrons. The zero-order chi connectivity index (χ0) is 18.7. The van der Waals surface area contributed by atoms with Crippen molar-refractivity contribution >= 4 is 5.91 Å². The number of phenolic OH excluding ortho intramolecular Hbond substituents is 1. The molecule has 0 atom stereocenters. The van der Waals surface area contributed by atoms with Crippen LogP contribution in [0.15, 0.2) is 42.5 Å². The monoisotopic (exact) mass is 354 g/mol. The molecular formula is C21H26N2O3. The lowest BCUT2D eigenvalue weighted by molar-refractivity contribution is 0.0929. The lowest BCUT2D eigenvalue weighted by Gasteiger charge is -2.20. The smallest absolute Gasteiger partial charge is 0.252 e. The third-order valence-electron chi connectivity index (χ3n) is 4.78. The predicted octanol–water partition coefficient (Wildman–Crippen LogP) is 3.06. The average Bonchev–Trinajstić information content (AvgIpc) is 3.36. The first kappa shape index (κ1) is 18.3. The summed E-state index contributed by atoms with van der Waals surface area (Å²) in [4.78, 5) is 14.9. The van der Waals surface area contributed by atoms with E-state index in [0.29, 0.717) is 17.9 Å². The summed E-state index contributed by atoms with van der Waals surface area (Å²) in [5.74, 6) is 0.777. The normalized spacial score (nSPS) is 14.9. The molecule has 2 aromatic rings. The molecular weight excluding hydrogens is 328 g/mol. The van der Waals surface area contributed by atoms with Crippen LogP contribution in [-0.2, 0) is 5.54 Å². The fourth-order valence-corrected chi connectivity index (χ4v) is 3.03. The van der Waals surface area contributed by atoms with Crippen molar-refractivity contribution in [2.45, 2.75) is 25.3 Å². The third-order valence-corrected chi connectivity index (χ3v) is 4.78. The summed E-state index contributed by atoms with van der Waals surface area (Å²) < 4.78 is 5.75. The molecule has 0 saturated heterocycles. The molecule has 0 spiro atoms. The van der Waals surface area contributed by atoms with Crippen molar-refractivity contribution in [1.29, 1.82) is 0 Å². The Balaban J connectivity index is 1.74. The van der Waals surface area contributed by atoms with Crippen LogP contribution in [0.2, 0.25) is 0 Å². The summed E-state index contributed by atoms with van der Waals surface area (Å²) in [6.45, 7) is 3.29. The van der Waals surface area contributed by atoms with Gasteiger partial charge >= 0.3 is 0 Å². The third kappa shape index (κ3) is 3.99. The van der Waals surface area contributed by atoms with E-state index in [2.05, 4.69) is 5.32 Å². The molecule has 1 aliphatic rings. The van der Waals surface area contributed by atoms with E-state index < -0.39 is 5.54 Å². The van der Waals surface area contributed by atoms with Gasteiger partial charge in [0, 0.05) is 17.7 Å². The number of nitrogens with zero attached hydrogens (tertiary/aromatic N) is 1.